The number of amidine groups is 1. The van der Waals surface area contributed by atoms with Crippen molar-refractivity contribution < 1.29 is 0 Å². The summed E-state index contributed by atoms with van der Waals surface area (Å²) in [6.07, 6.45) is 4.94. The molecule has 0 spiro atoms. The fourth-order valence-corrected chi connectivity index (χ4v) is 2.25. The number of nitrogens with one attached hydrogen (secondary N) is 1. The first kappa shape index (κ1) is 9.00. The van der Waals surface area contributed by atoms with Crippen molar-refractivity contribution in [2.45, 2.75) is 25.7 Å². The van der Waals surface area contributed by atoms with Gasteiger partial charge in [0.15, 0.2) is 0 Å². The lowest BCUT2D eigenvalue weighted by Crippen LogP contribution is -2.34. The van der Waals surface area contributed by atoms with Crippen LogP contribution in [0.3, 0.4) is 0 Å². The molecule has 0 aromatic heterocycles. The van der Waals surface area contributed by atoms with E-state index in [2.05, 4.69) is 9.80 Å². The molecule has 13 heavy (non-hydrogen) atoms. The fraction of sp³-hybridized carbons (Fsp3) is 0.900. The zero-order chi connectivity index (χ0) is 9.10. The highest BCUT2D eigenvalue weighted by Gasteiger charge is 2.18. The number of nitrogens with zero attached hydrogens (tertiary/aromatic N) is 2. The molecule has 0 aliphatic carbocycles. The van der Waals surface area contributed by atoms with Crippen LogP contribution in [0.4, 0.5) is 0 Å². The Morgan fingerprint density at radius 3 is 2.38 bits per heavy atom. The minimum absolute atomic E-state index is 0.860. The van der Waals surface area contributed by atoms with E-state index in [0.29, 0.717) is 0 Å². The molecule has 2 heterocycles. The molecule has 1 N–H and O–H groups in total. The Hall–Kier alpha value is -0.570. The van der Waals surface area contributed by atoms with Crippen molar-refractivity contribution >= 4 is 5.84 Å². The van der Waals surface area contributed by atoms with Gasteiger partial charge in [-0.2, -0.15) is 0 Å². The van der Waals surface area contributed by atoms with Crippen LogP contribution in [0.2, 0.25) is 0 Å². The van der Waals surface area contributed by atoms with Crippen molar-refractivity contribution in [2.75, 3.05) is 32.7 Å². The zero-order valence-electron chi connectivity index (χ0n) is 8.26. The number of hydrogen-bond acceptors (Lipinski definition) is 2. The van der Waals surface area contributed by atoms with Gasteiger partial charge in [0.1, 0.15) is 0 Å². The predicted molar refractivity (Wildman–Crippen MR) is 54.2 cm³/mol. The van der Waals surface area contributed by atoms with Crippen LogP contribution in [0.15, 0.2) is 0 Å². The zero-order valence-corrected chi connectivity index (χ0v) is 8.26. The summed E-state index contributed by atoms with van der Waals surface area (Å²) >= 11 is 0. The summed E-state index contributed by atoms with van der Waals surface area (Å²) in [5.41, 5.74) is 0. The summed E-state index contributed by atoms with van der Waals surface area (Å²) in [4.78, 5) is 4.75. The van der Waals surface area contributed by atoms with Gasteiger partial charge in [-0.1, -0.05) is 0 Å². The molecule has 0 atom stereocenters. The van der Waals surface area contributed by atoms with E-state index in [1.165, 1.54) is 38.9 Å². The van der Waals surface area contributed by atoms with Crippen LogP contribution < -0.4 is 0 Å². The fourth-order valence-electron chi connectivity index (χ4n) is 2.25. The minimum atomic E-state index is 0.860. The van der Waals surface area contributed by atoms with E-state index >= 15 is 0 Å². The maximum Gasteiger partial charge on any atom is 0.0958 e. The van der Waals surface area contributed by atoms with E-state index in [-0.39, 0.29) is 0 Å². The van der Waals surface area contributed by atoms with Crippen molar-refractivity contribution in [3.63, 3.8) is 0 Å². The number of hydrogen-bond donors (Lipinski definition) is 1. The normalized spacial score (nSPS) is 24.6. The second-order valence-electron chi connectivity index (χ2n) is 4.09. The average molecular weight is 181 g/mol. The van der Waals surface area contributed by atoms with Gasteiger partial charge in [0, 0.05) is 26.1 Å². The first-order chi connectivity index (χ1) is 6.36. The van der Waals surface area contributed by atoms with Crippen LogP contribution in [0.1, 0.15) is 25.7 Å². The van der Waals surface area contributed by atoms with Gasteiger partial charge in [-0.3, -0.25) is 5.41 Å². The monoisotopic (exact) mass is 181 g/mol. The van der Waals surface area contributed by atoms with Crippen molar-refractivity contribution in [2.24, 2.45) is 0 Å². The lowest BCUT2D eigenvalue weighted by Gasteiger charge is -2.21. The number of likely N-dealkylation sites (tertiary alicyclic amines) is 2. The molecule has 2 aliphatic heterocycles. The van der Waals surface area contributed by atoms with Crippen molar-refractivity contribution in [1.29, 1.82) is 5.41 Å². The maximum absolute atomic E-state index is 7.69. The third kappa shape index (κ3) is 2.21. The molecule has 2 saturated heterocycles. The van der Waals surface area contributed by atoms with Gasteiger partial charge in [0.05, 0.1) is 5.84 Å². The van der Waals surface area contributed by atoms with Crippen LogP contribution in [0, 0.1) is 5.41 Å². The third-order valence-corrected chi connectivity index (χ3v) is 3.11. The molecule has 3 heteroatoms. The lowest BCUT2D eigenvalue weighted by molar-refractivity contribution is 0.298. The molecule has 0 amide bonds. The largest absolute Gasteiger partial charge is 0.359 e. The lowest BCUT2D eigenvalue weighted by atomic mass is 10.4. The van der Waals surface area contributed by atoms with Crippen LogP contribution in [0.5, 0.6) is 0 Å². The molecule has 2 fully saturated rings. The molecular weight excluding hydrogens is 162 g/mol. The van der Waals surface area contributed by atoms with Gasteiger partial charge < -0.3 is 9.80 Å². The van der Waals surface area contributed by atoms with E-state index < -0.39 is 0 Å². The topological polar surface area (TPSA) is 30.3 Å². The maximum atomic E-state index is 7.69. The van der Waals surface area contributed by atoms with Crippen molar-refractivity contribution in [1.82, 2.24) is 9.80 Å². The second-order valence-corrected chi connectivity index (χ2v) is 4.09. The Labute approximate surface area is 80.2 Å². The molecule has 0 aromatic carbocycles. The highest BCUT2D eigenvalue weighted by molar-refractivity contribution is 5.80. The molecule has 2 rings (SSSR count). The number of rotatable bonds is 3. The molecule has 0 unspecified atom stereocenters. The summed E-state index contributed by atoms with van der Waals surface area (Å²) in [7, 11) is 0. The first-order valence-electron chi connectivity index (χ1n) is 5.41. The Kier molecular flexibility index (Phi) is 2.83. The Balaban J connectivity index is 1.69. The van der Waals surface area contributed by atoms with E-state index in [4.69, 9.17) is 5.41 Å². The van der Waals surface area contributed by atoms with Gasteiger partial charge in [0.2, 0.25) is 0 Å². The van der Waals surface area contributed by atoms with Crippen molar-refractivity contribution in [3.05, 3.63) is 0 Å². The first-order valence-corrected chi connectivity index (χ1v) is 5.41. The molecule has 74 valence electrons. The van der Waals surface area contributed by atoms with Crippen LogP contribution in [-0.2, 0) is 0 Å². The summed E-state index contributed by atoms with van der Waals surface area (Å²) < 4.78 is 0. The molecule has 0 bridgehead atoms. The molecule has 3 nitrogen and oxygen atoms in total. The van der Waals surface area contributed by atoms with Crippen molar-refractivity contribution in [3.8, 4) is 0 Å². The SMILES string of the molecule is N=C1CCCN1CCN1CCCC1. The van der Waals surface area contributed by atoms with Gasteiger partial charge in [0.25, 0.3) is 0 Å². The van der Waals surface area contributed by atoms with Gasteiger partial charge in [-0.25, -0.2) is 0 Å². The Morgan fingerprint density at radius 2 is 1.77 bits per heavy atom. The summed E-state index contributed by atoms with van der Waals surface area (Å²) in [6, 6.07) is 0. The quantitative estimate of drug-likeness (QED) is 0.708. The highest BCUT2D eigenvalue weighted by Crippen LogP contribution is 2.11. The summed E-state index contributed by atoms with van der Waals surface area (Å²) in [6.45, 7) is 5.93. The molecule has 0 radical (unpaired) electrons. The summed E-state index contributed by atoms with van der Waals surface area (Å²) in [5.74, 6) is 0.860. The smallest absolute Gasteiger partial charge is 0.0958 e. The van der Waals surface area contributed by atoms with Crippen LogP contribution in [-0.4, -0.2) is 48.4 Å². The molecular formula is C10H19N3. The van der Waals surface area contributed by atoms with Crippen LogP contribution >= 0.6 is 0 Å². The molecule has 0 aromatic rings. The molecule has 2 aliphatic rings. The van der Waals surface area contributed by atoms with Gasteiger partial charge >= 0.3 is 0 Å². The van der Waals surface area contributed by atoms with E-state index in [1.54, 1.807) is 0 Å². The Morgan fingerprint density at radius 1 is 1.00 bits per heavy atom. The highest BCUT2D eigenvalue weighted by atomic mass is 15.2. The minimum Gasteiger partial charge on any atom is -0.359 e. The van der Waals surface area contributed by atoms with Crippen LogP contribution in [0.25, 0.3) is 0 Å². The average Bonchev–Trinajstić information content (AvgIpc) is 2.72. The second kappa shape index (κ2) is 4.09. The Bertz CT molecular complexity index is 185. The van der Waals surface area contributed by atoms with E-state index in [1.807, 2.05) is 0 Å². The predicted octanol–water partition coefficient (Wildman–Crippen LogP) is 1.16. The van der Waals surface area contributed by atoms with Gasteiger partial charge in [-0.05, 0) is 32.4 Å². The van der Waals surface area contributed by atoms with Gasteiger partial charge in [-0.15, -0.1) is 0 Å². The third-order valence-electron chi connectivity index (χ3n) is 3.11. The molecule has 0 saturated carbocycles. The van der Waals surface area contributed by atoms with E-state index in [0.717, 1.165) is 25.3 Å². The van der Waals surface area contributed by atoms with E-state index in [9.17, 15) is 0 Å². The summed E-state index contributed by atoms with van der Waals surface area (Å²) in [5, 5.41) is 7.69. The standard InChI is InChI=1S/C10H19N3/c11-10-4-3-7-13(10)9-8-12-5-1-2-6-12/h11H,1-9H2.